The normalized spacial score (nSPS) is 20.9. The van der Waals surface area contributed by atoms with Crippen molar-refractivity contribution in [1.82, 2.24) is 0 Å². The van der Waals surface area contributed by atoms with Crippen molar-refractivity contribution in [1.29, 1.82) is 0 Å². The van der Waals surface area contributed by atoms with E-state index in [0.717, 1.165) is 28.3 Å². The summed E-state index contributed by atoms with van der Waals surface area (Å²) in [6, 6.07) is 17.6. The highest BCUT2D eigenvalue weighted by Gasteiger charge is 2.43. The third-order valence-electron chi connectivity index (χ3n) is 5.91. The molecule has 2 aromatic carbocycles. The predicted octanol–water partition coefficient (Wildman–Crippen LogP) is 5.79. The predicted molar refractivity (Wildman–Crippen MR) is 124 cm³/mol. The fourth-order valence-corrected chi connectivity index (χ4v) is 4.57. The average Bonchev–Trinajstić information content (AvgIpc) is 2.73. The van der Waals surface area contributed by atoms with Crippen molar-refractivity contribution in [3.63, 3.8) is 0 Å². The van der Waals surface area contributed by atoms with Crippen molar-refractivity contribution < 1.29 is 14.3 Å². The molecule has 1 aliphatic carbocycles. The standard InChI is InChI=1S/C27H29NO3/c1-4-31-22-14-12-21(13-15-22)28-23-17-27(2,3)18-24(29)26(23)20(16-25(28)30)11-10-19-8-6-5-7-9-19/h5-15,20H,4,16-18H2,1-3H3/b11-10+. The number of ether oxygens (including phenoxy) is 1. The van der Waals surface area contributed by atoms with Crippen molar-refractivity contribution in [2.45, 2.75) is 40.0 Å². The molecule has 0 fully saturated rings. The van der Waals surface area contributed by atoms with Gasteiger partial charge in [0.2, 0.25) is 5.91 Å². The van der Waals surface area contributed by atoms with E-state index in [4.69, 9.17) is 4.74 Å². The fraction of sp³-hybridized carbons (Fsp3) is 0.333. The first-order valence-corrected chi connectivity index (χ1v) is 10.9. The zero-order valence-electron chi connectivity index (χ0n) is 18.4. The molecule has 0 saturated heterocycles. The number of hydrogen-bond donors (Lipinski definition) is 0. The highest BCUT2D eigenvalue weighted by Crippen LogP contribution is 2.45. The van der Waals surface area contributed by atoms with Crippen LogP contribution in [0.15, 0.2) is 71.9 Å². The second-order valence-corrected chi connectivity index (χ2v) is 9.04. The Labute approximate surface area is 184 Å². The van der Waals surface area contributed by atoms with E-state index in [2.05, 4.69) is 13.8 Å². The van der Waals surface area contributed by atoms with E-state index in [9.17, 15) is 9.59 Å². The smallest absolute Gasteiger partial charge is 0.232 e. The van der Waals surface area contributed by atoms with Gasteiger partial charge in [0.05, 0.1) is 6.61 Å². The number of anilines is 1. The van der Waals surface area contributed by atoms with Crippen molar-refractivity contribution >= 4 is 23.5 Å². The lowest BCUT2D eigenvalue weighted by atomic mass is 9.70. The SMILES string of the molecule is CCOc1ccc(N2C(=O)CC(/C=C/c3ccccc3)C3=C2CC(C)(C)CC3=O)cc1. The topological polar surface area (TPSA) is 46.6 Å². The summed E-state index contributed by atoms with van der Waals surface area (Å²) in [5.41, 5.74) is 3.32. The van der Waals surface area contributed by atoms with Crippen LogP contribution in [0.25, 0.3) is 6.08 Å². The molecule has 4 heteroatoms. The van der Waals surface area contributed by atoms with Gasteiger partial charge in [0.1, 0.15) is 5.75 Å². The maximum absolute atomic E-state index is 13.3. The molecule has 160 valence electrons. The molecule has 0 spiro atoms. The summed E-state index contributed by atoms with van der Waals surface area (Å²) in [6.45, 7) is 6.73. The van der Waals surface area contributed by atoms with Crippen LogP contribution in [-0.2, 0) is 9.59 Å². The van der Waals surface area contributed by atoms with Crippen molar-refractivity contribution in [2.75, 3.05) is 11.5 Å². The van der Waals surface area contributed by atoms with Crippen molar-refractivity contribution in [3.05, 3.63) is 77.5 Å². The molecule has 0 N–H and O–H groups in total. The van der Waals surface area contributed by atoms with Gasteiger partial charge in [-0.3, -0.25) is 14.5 Å². The van der Waals surface area contributed by atoms with Gasteiger partial charge in [0.25, 0.3) is 0 Å². The number of carbonyl (C=O) groups excluding carboxylic acids is 2. The molecule has 4 nitrogen and oxygen atoms in total. The number of rotatable bonds is 5. The lowest BCUT2D eigenvalue weighted by Crippen LogP contribution is -2.44. The number of Topliss-reactive ketones (excluding diaryl/α,β-unsaturated/α-hetero) is 1. The molecular weight excluding hydrogens is 386 g/mol. The van der Waals surface area contributed by atoms with Gasteiger partial charge in [0.15, 0.2) is 5.78 Å². The molecule has 1 amide bonds. The van der Waals surface area contributed by atoms with Gasteiger partial charge in [-0.1, -0.05) is 56.3 Å². The molecule has 0 saturated carbocycles. The van der Waals surface area contributed by atoms with E-state index in [0.29, 0.717) is 25.9 Å². The zero-order chi connectivity index (χ0) is 22.0. The van der Waals surface area contributed by atoms with Gasteiger partial charge in [0, 0.05) is 35.7 Å². The molecule has 0 bridgehead atoms. The minimum Gasteiger partial charge on any atom is -0.494 e. The molecule has 1 unspecified atom stereocenters. The monoisotopic (exact) mass is 415 g/mol. The maximum Gasteiger partial charge on any atom is 0.232 e. The van der Waals surface area contributed by atoms with Crippen LogP contribution in [0.1, 0.15) is 45.6 Å². The highest BCUT2D eigenvalue weighted by molar-refractivity contribution is 6.07. The van der Waals surface area contributed by atoms with Crippen LogP contribution >= 0.6 is 0 Å². The van der Waals surface area contributed by atoms with Crippen molar-refractivity contribution in [2.24, 2.45) is 11.3 Å². The second-order valence-electron chi connectivity index (χ2n) is 9.04. The number of allylic oxidation sites excluding steroid dienone is 3. The summed E-state index contributed by atoms with van der Waals surface area (Å²) in [4.78, 5) is 28.3. The lowest BCUT2D eigenvalue weighted by Gasteiger charge is -2.42. The maximum atomic E-state index is 13.3. The molecule has 2 aliphatic rings. The third-order valence-corrected chi connectivity index (χ3v) is 5.91. The molecule has 1 aliphatic heterocycles. The molecule has 0 radical (unpaired) electrons. The van der Waals surface area contributed by atoms with Crippen LogP contribution in [0.5, 0.6) is 5.75 Å². The Balaban J connectivity index is 1.75. The largest absolute Gasteiger partial charge is 0.494 e. The van der Waals surface area contributed by atoms with E-state index in [1.165, 1.54) is 0 Å². The zero-order valence-corrected chi connectivity index (χ0v) is 18.4. The summed E-state index contributed by atoms with van der Waals surface area (Å²) in [7, 11) is 0. The van der Waals surface area contributed by atoms with Crippen LogP contribution < -0.4 is 9.64 Å². The fourth-order valence-electron chi connectivity index (χ4n) is 4.57. The molecule has 1 heterocycles. The van der Waals surface area contributed by atoms with E-state index >= 15 is 0 Å². The number of benzene rings is 2. The van der Waals surface area contributed by atoms with E-state index in [1.807, 2.05) is 73.7 Å². The third kappa shape index (κ3) is 4.48. The first-order valence-electron chi connectivity index (χ1n) is 10.9. The first kappa shape index (κ1) is 21.1. The summed E-state index contributed by atoms with van der Waals surface area (Å²) in [5.74, 6) is 0.757. The van der Waals surface area contributed by atoms with Crippen LogP contribution in [0.3, 0.4) is 0 Å². The van der Waals surface area contributed by atoms with Gasteiger partial charge < -0.3 is 4.74 Å². The number of nitrogens with zero attached hydrogens (tertiary/aromatic N) is 1. The summed E-state index contributed by atoms with van der Waals surface area (Å²) < 4.78 is 5.54. The lowest BCUT2D eigenvalue weighted by molar-refractivity contribution is -0.121. The number of ketones is 1. The van der Waals surface area contributed by atoms with Crippen LogP contribution in [0.2, 0.25) is 0 Å². The minimum absolute atomic E-state index is 0.0242. The van der Waals surface area contributed by atoms with Crippen LogP contribution in [-0.4, -0.2) is 18.3 Å². The molecule has 1 atom stereocenters. The Morgan fingerprint density at radius 3 is 2.42 bits per heavy atom. The number of carbonyl (C=O) groups is 2. The molecule has 4 rings (SSSR count). The minimum atomic E-state index is -0.190. The highest BCUT2D eigenvalue weighted by atomic mass is 16.5. The number of amides is 1. The molecule has 31 heavy (non-hydrogen) atoms. The second kappa shape index (κ2) is 8.54. The van der Waals surface area contributed by atoms with E-state index < -0.39 is 0 Å². The molecular formula is C27H29NO3. The van der Waals surface area contributed by atoms with Crippen molar-refractivity contribution in [3.8, 4) is 5.75 Å². The first-order chi connectivity index (χ1) is 14.9. The summed E-state index contributed by atoms with van der Waals surface area (Å²) in [5, 5.41) is 0. The Morgan fingerprint density at radius 2 is 1.74 bits per heavy atom. The van der Waals surface area contributed by atoms with Gasteiger partial charge in [-0.05, 0) is 48.6 Å². The van der Waals surface area contributed by atoms with Crippen LogP contribution in [0.4, 0.5) is 5.69 Å². The molecule has 2 aromatic rings. The van der Waals surface area contributed by atoms with E-state index in [1.54, 1.807) is 4.90 Å². The molecule has 0 aromatic heterocycles. The Bertz CT molecular complexity index is 1030. The van der Waals surface area contributed by atoms with Gasteiger partial charge in [-0.15, -0.1) is 0 Å². The van der Waals surface area contributed by atoms with E-state index in [-0.39, 0.29) is 23.0 Å². The summed E-state index contributed by atoms with van der Waals surface area (Å²) in [6.07, 6.45) is 5.54. The summed E-state index contributed by atoms with van der Waals surface area (Å²) >= 11 is 0. The Hall–Kier alpha value is -3.14. The Kier molecular flexibility index (Phi) is 5.81. The Morgan fingerprint density at radius 1 is 1.03 bits per heavy atom. The average molecular weight is 416 g/mol. The van der Waals surface area contributed by atoms with Crippen LogP contribution in [0, 0.1) is 11.3 Å². The quantitative estimate of drug-likeness (QED) is 0.620. The van der Waals surface area contributed by atoms with Gasteiger partial charge in [-0.25, -0.2) is 0 Å². The number of hydrogen-bond acceptors (Lipinski definition) is 3. The van der Waals surface area contributed by atoms with Gasteiger partial charge >= 0.3 is 0 Å². The van der Waals surface area contributed by atoms with Gasteiger partial charge in [-0.2, -0.15) is 0 Å².